The van der Waals surface area contributed by atoms with E-state index in [2.05, 4.69) is 11.9 Å². The average Bonchev–Trinajstić information content (AvgIpc) is 2.81. The molecule has 0 spiro atoms. The van der Waals surface area contributed by atoms with E-state index >= 15 is 0 Å². The van der Waals surface area contributed by atoms with Gasteiger partial charge >= 0.3 is 12.1 Å². The van der Waals surface area contributed by atoms with Gasteiger partial charge in [-0.15, -0.1) is 11.3 Å². The number of fused-ring (bicyclic) bond motifs is 1. The normalized spacial score (nSPS) is 17.4. The van der Waals surface area contributed by atoms with Crippen molar-refractivity contribution < 1.29 is 27.9 Å². The zero-order chi connectivity index (χ0) is 16.2. The molecule has 1 unspecified atom stereocenters. The zero-order valence-electron chi connectivity index (χ0n) is 11.2. The minimum absolute atomic E-state index is 0.391. The first-order chi connectivity index (χ1) is 9.65. The number of alkyl halides is 3. The quantitative estimate of drug-likeness (QED) is 0.873. The van der Waals surface area contributed by atoms with Gasteiger partial charge in [-0.1, -0.05) is 13.3 Å². The maximum atomic E-state index is 10.9. The molecule has 9 heteroatoms. The van der Waals surface area contributed by atoms with Crippen LogP contribution in [0.4, 0.5) is 13.2 Å². The summed E-state index contributed by atoms with van der Waals surface area (Å²) in [6.45, 7) is 2.21. The number of hydrogen-bond acceptors (Lipinski definition) is 4. The smallest absolute Gasteiger partial charge is 0.475 e. The highest BCUT2D eigenvalue weighted by molar-refractivity contribution is 7.13. The minimum Gasteiger partial charge on any atom is -0.475 e. The largest absolute Gasteiger partial charge is 0.490 e. The van der Waals surface area contributed by atoms with Gasteiger partial charge in [0.15, 0.2) is 5.01 Å². The van der Waals surface area contributed by atoms with E-state index in [1.165, 1.54) is 29.1 Å². The van der Waals surface area contributed by atoms with Crippen LogP contribution in [0, 0.1) is 5.92 Å². The summed E-state index contributed by atoms with van der Waals surface area (Å²) < 4.78 is 31.7. The van der Waals surface area contributed by atoms with Crippen molar-refractivity contribution in [3.63, 3.8) is 0 Å². The van der Waals surface area contributed by atoms with Crippen LogP contribution >= 0.6 is 11.3 Å². The first-order valence-electron chi connectivity index (χ1n) is 6.23. The predicted octanol–water partition coefficient (Wildman–Crippen LogP) is 2.39. The molecule has 1 amide bonds. The number of aliphatic carboxylic acids is 1. The number of nitrogens with two attached hydrogens (primary N) is 1. The molecule has 2 rings (SSSR count). The van der Waals surface area contributed by atoms with Crippen molar-refractivity contribution in [2.75, 3.05) is 0 Å². The number of carboxylic acids is 1. The lowest BCUT2D eigenvalue weighted by Gasteiger charge is -2.18. The van der Waals surface area contributed by atoms with E-state index in [-0.39, 0.29) is 0 Å². The Morgan fingerprint density at radius 2 is 2.05 bits per heavy atom. The van der Waals surface area contributed by atoms with Crippen molar-refractivity contribution in [2.45, 2.75) is 38.8 Å². The van der Waals surface area contributed by atoms with Gasteiger partial charge in [-0.2, -0.15) is 13.2 Å². The van der Waals surface area contributed by atoms with Gasteiger partial charge in [-0.05, 0) is 25.2 Å². The molecule has 1 aromatic rings. The molecule has 0 aromatic carbocycles. The molecule has 21 heavy (non-hydrogen) atoms. The fraction of sp³-hybridized carbons (Fsp3) is 0.583. The van der Waals surface area contributed by atoms with Crippen molar-refractivity contribution in [3.05, 3.63) is 15.6 Å². The van der Waals surface area contributed by atoms with Crippen LogP contribution < -0.4 is 5.73 Å². The minimum atomic E-state index is -5.08. The first kappa shape index (κ1) is 17.4. The summed E-state index contributed by atoms with van der Waals surface area (Å²) in [5, 5.41) is 7.60. The lowest BCUT2D eigenvalue weighted by Crippen LogP contribution is -2.21. The molecular formula is C12H15F3N2O3S. The number of thiazole rings is 1. The highest BCUT2D eigenvalue weighted by atomic mass is 32.1. The summed E-state index contributed by atoms with van der Waals surface area (Å²) in [5.41, 5.74) is 6.31. The Morgan fingerprint density at radius 1 is 1.48 bits per heavy atom. The monoisotopic (exact) mass is 324 g/mol. The molecular weight excluding hydrogens is 309 g/mol. The van der Waals surface area contributed by atoms with Crippen LogP contribution in [0.1, 0.15) is 40.1 Å². The average molecular weight is 324 g/mol. The number of primary amides is 1. The molecule has 1 aliphatic carbocycles. The Bertz CT molecular complexity index is 528. The lowest BCUT2D eigenvalue weighted by atomic mass is 9.89. The third-order valence-electron chi connectivity index (χ3n) is 3.07. The summed E-state index contributed by atoms with van der Waals surface area (Å²) in [7, 11) is 0. The number of carbonyl (C=O) groups is 2. The van der Waals surface area contributed by atoms with E-state index < -0.39 is 18.1 Å². The van der Waals surface area contributed by atoms with E-state index in [0.717, 1.165) is 24.5 Å². The SMILES string of the molecule is CCC1CCc2sc(C(N)=O)nc2C1.O=C(O)C(F)(F)F. The zero-order valence-corrected chi connectivity index (χ0v) is 12.1. The fourth-order valence-corrected chi connectivity index (χ4v) is 2.86. The molecule has 0 radical (unpaired) electrons. The van der Waals surface area contributed by atoms with E-state index in [1.54, 1.807) is 0 Å². The van der Waals surface area contributed by atoms with Gasteiger partial charge < -0.3 is 10.8 Å². The maximum Gasteiger partial charge on any atom is 0.490 e. The van der Waals surface area contributed by atoms with Gasteiger partial charge in [0.05, 0.1) is 5.69 Å². The van der Waals surface area contributed by atoms with Crippen LogP contribution in [0.15, 0.2) is 0 Å². The third-order valence-corrected chi connectivity index (χ3v) is 4.24. The second kappa shape index (κ2) is 6.88. The standard InChI is InChI=1S/C10H14N2OS.C2HF3O2/c1-2-6-3-4-8-7(5-6)12-10(14-8)9(11)13;3-2(4,5)1(6)7/h6H,2-5H2,1H3,(H2,11,13);(H,6,7). The number of aromatic nitrogens is 1. The van der Waals surface area contributed by atoms with Crippen LogP contribution in [0.25, 0.3) is 0 Å². The topological polar surface area (TPSA) is 93.3 Å². The second-order valence-corrected chi connectivity index (χ2v) is 5.66. The van der Waals surface area contributed by atoms with E-state index in [1.807, 2.05) is 0 Å². The molecule has 0 fully saturated rings. The lowest BCUT2D eigenvalue weighted by molar-refractivity contribution is -0.192. The van der Waals surface area contributed by atoms with Gasteiger partial charge in [0, 0.05) is 4.88 Å². The number of carbonyl (C=O) groups excluding carboxylic acids is 1. The molecule has 5 nitrogen and oxygen atoms in total. The number of hydrogen-bond donors (Lipinski definition) is 2. The van der Waals surface area contributed by atoms with E-state index in [4.69, 9.17) is 15.6 Å². The molecule has 3 N–H and O–H groups in total. The Labute approximate surface area is 123 Å². The van der Waals surface area contributed by atoms with E-state index in [0.29, 0.717) is 5.01 Å². The second-order valence-electron chi connectivity index (χ2n) is 4.57. The summed E-state index contributed by atoms with van der Waals surface area (Å²) in [6, 6.07) is 0. The Kier molecular flexibility index (Phi) is 5.70. The molecule has 1 heterocycles. The number of amides is 1. The highest BCUT2D eigenvalue weighted by Crippen LogP contribution is 2.30. The van der Waals surface area contributed by atoms with Crippen molar-refractivity contribution >= 4 is 23.2 Å². The summed E-state index contributed by atoms with van der Waals surface area (Å²) in [6.07, 6.45) is -0.568. The van der Waals surface area contributed by atoms with Gasteiger partial charge in [0.25, 0.3) is 5.91 Å². The third kappa shape index (κ3) is 5.00. The maximum absolute atomic E-state index is 10.9. The van der Waals surface area contributed by atoms with Gasteiger partial charge in [0.2, 0.25) is 0 Å². The van der Waals surface area contributed by atoms with E-state index in [9.17, 15) is 18.0 Å². The molecule has 0 bridgehead atoms. The number of aryl methyl sites for hydroxylation is 1. The van der Waals surface area contributed by atoms with Crippen LogP contribution in [0.3, 0.4) is 0 Å². The Morgan fingerprint density at radius 3 is 2.48 bits per heavy atom. The van der Waals surface area contributed by atoms with Crippen LogP contribution in [-0.4, -0.2) is 28.1 Å². The van der Waals surface area contributed by atoms with Crippen molar-refractivity contribution in [1.29, 1.82) is 0 Å². The van der Waals surface area contributed by atoms with Crippen LogP contribution in [0.2, 0.25) is 0 Å². The van der Waals surface area contributed by atoms with Crippen molar-refractivity contribution in [2.24, 2.45) is 11.7 Å². The van der Waals surface area contributed by atoms with Crippen molar-refractivity contribution in [3.8, 4) is 0 Å². The van der Waals surface area contributed by atoms with Crippen molar-refractivity contribution in [1.82, 2.24) is 4.98 Å². The number of carboxylic acid groups (broad SMARTS) is 1. The molecule has 118 valence electrons. The van der Waals surface area contributed by atoms with Gasteiger partial charge in [-0.25, -0.2) is 9.78 Å². The first-order valence-corrected chi connectivity index (χ1v) is 7.05. The number of nitrogens with zero attached hydrogens (tertiary/aromatic N) is 1. The molecule has 0 aliphatic heterocycles. The summed E-state index contributed by atoms with van der Waals surface area (Å²) in [4.78, 5) is 25.4. The van der Waals surface area contributed by atoms with Crippen LogP contribution in [-0.2, 0) is 17.6 Å². The van der Waals surface area contributed by atoms with Crippen LogP contribution in [0.5, 0.6) is 0 Å². The Balaban J connectivity index is 0.000000270. The molecule has 0 saturated heterocycles. The molecule has 1 aromatic heterocycles. The molecule has 1 atom stereocenters. The summed E-state index contributed by atoms with van der Waals surface area (Å²) in [5.74, 6) is -2.41. The molecule has 0 saturated carbocycles. The highest BCUT2D eigenvalue weighted by Gasteiger charge is 2.38. The number of rotatable bonds is 2. The van der Waals surface area contributed by atoms with Gasteiger partial charge in [-0.3, -0.25) is 4.79 Å². The Hall–Kier alpha value is -1.64. The number of halogens is 3. The summed E-state index contributed by atoms with van der Waals surface area (Å²) >= 11 is 1.47. The molecule has 1 aliphatic rings. The van der Waals surface area contributed by atoms with Gasteiger partial charge in [0.1, 0.15) is 0 Å². The predicted molar refractivity (Wildman–Crippen MR) is 70.1 cm³/mol. The fourth-order valence-electron chi connectivity index (χ4n) is 1.90.